The minimum atomic E-state index is -0.487. The molecule has 0 amide bonds. The molecule has 0 bridgehead atoms. The Morgan fingerprint density at radius 3 is 2.16 bits per heavy atom. The highest BCUT2D eigenvalue weighted by atomic mass is 79.9. The maximum Gasteiger partial charge on any atom is 0.373 e. The zero-order valence-corrected chi connectivity index (χ0v) is 18.4. The average Bonchev–Trinajstić information content (AvgIpc) is 2.80. The maximum absolute atomic E-state index is 11.9. The molecular weight excluding hydrogens is 466 g/mol. The Kier molecular flexibility index (Phi) is 6.17. The Morgan fingerprint density at radius 1 is 0.935 bits per heavy atom. The molecule has 0 N–H and O–H groups in total. The number of halogens is 1. The second-order valence-corrected chi connectivity index (χ2v) is 7.75. The summed E-state index contributed by atoms with van der Waals surface area (Å²) in [6, 6.07) is 14.9. The van der Waals surface area contributed by atoms with Crippen molar-refractivity contribution in [2.75, 3.05) is 43.1 Å². The Morgan fingerprint density at radius 2 is 1.55 bits per heavy atom. The van der Waals surface area contributed by atoms with Gasteiger partial charge in [0, 0.05) is 36.3 Å². The molecule has 1 aliphatic heterocycles. The Balaban J connectivity index is 1.52. The van der Waals surface area contributed by atoms with Crippen molar-refractivity contribution in [1.82, 2.24) is 9.97 Å². The number of methoxy groups -OCH3 is 1. The molecular formula is C21H20BrN5O4. The van der Waals surface area contributed by atoms with Crippen LogP contribution in [0, 0.1) is 10.1 Å². The van der Waals surface area contributed by atoms with Gasteiger partial charge in [-0.15, -0.1) is 0 Å². The lowest BCUT2D eigenvalue weighted by Gasteiger charge is -2.36. The number of benzene rings is 2. The lowest BCUT2D eigenvalue weighted by Crippen LogP contribution is -2.47. The summed E-state index contributed by atoms with van der Waals surface area (Å²) in [5, 5.41) is 11.9. The van der Waals surface area contributed by atoms with E-state index in [1.807, 2.05) is 29.2 Å². The van der Waals surface area contributed by atoms with Gasteiger partial charge >= 0.3 is 11.6 Å². The first-order valence-corrected chi connectivity index (χ1v) is 10.4. The van der Waals surface area contributed by atoms with E-state index in [2.05, 4.69) is 30.8 Å². The second-order valence-electron chi connectivity index (χ2n) is 6.84. The first-order chi connectivity index (χ1) is 15.0. The molecule has 2 aromatic carbocycles. The highest BCUT2D eigenvalue weighted by molar-refractivity contribution is 9.10. The van der Waals surface area contributed by atoms with E-state index in [1.165, 1.54) is 6.33 Å². The predicted molar refractivity (Wildman–Crippen MR) is 120 cm³/mol. The summed E-state index contributed by atoms with van der Waals surface area (Å²) in [6.45, 7) is 2.58. The van der Waals surface area contributed by atoms with Crippen molar-refractivity contribution < 1.29 is 14.4 Å². The van der Waals surface area contributed by atoms with E-state index < -0.39 is 4.92 Å². The zero-order chi connectivity index (χ0) is 21.8. The summed E-state index contributed by atoms with van der Waals surface area (Å²) >= 11 is 3.35. The second kappa shape index (κ2) is 9.17. The summed E-state index contributed by atoms with van der Waals surface area (Å²) in [6.07, 6.45) is 1.30. The highest BCUT2D eigenvalue weighted by Crippen LogP contribution is 2.36. The van der Waals surface area contributed by atoms with Crippen molar-refractivity contribution in [2.24, 2.45) is 0 Å². The van der Waals surface area contributed by atoms with Crippen LogP contribution >= 0.6 is 15.9 Å². The molecule has 1 aliphatic rings. The number of nitro groups is 1. The quantitative estimate of drug-likeness (QED) is 0.377. The molecule has 3 aromatic rings. The largest absolute Gasteiger partial charge is 0.497 e. The van der Waals surface area contributed by atoms with Crippen molar-refractivity contribution in [1.29, 1.82) is 0 Å². The van der Waals surface area contributed by atoms with Crippen LogP contribution in [0.3, 0.4) is 0 Å². The van der Waals surface area contributed by atoms with Crippen LogP contribution in [0.15, 0.2) is 59.3 Å². The number of hydrogen-bond donors (Lipinski definition) is 0. The standard InChI is InChI=1S/C21H20BrN5O4/c1-30-17-8-4-16(5-9-17)25-10-12-26(13-11-25)20-19(27(28)29)21(24-14-23-20)31-18-6-2-15(22)3-7-18/h2-9,14H,10-13H2,1H3. The van der Waals surface area contributed by atoms with E-state index in [0.29, 0.717) is 31.9 Å². The number of ether oxygens (including phenoxy) is 2. The lowest BCUT2D eigenvalue weighted by atomic mass is 10.2. The van der Waals surface area contributed by atoms with Gasteiger partial charge in [-0.05, 0) is 48.5 Å². The summed E-state index contributed by atoms with van der Waals surface area (Å²) in [7, 11) is 1.64. The van der Waals surface area contributed by atoms with Crippen LogP contribution in [-0.2, 0) is 0 Å². The first-order valence-electron chi connectivity index (χ1n) is 9.62. The molecule has 0 atom stereocenters. The number of anilines is 2. The first kappa shape index (κ1) is 20.9. The summed E-state index contributed by atoms with van der Waals surface area (Å²) in [5.41, 5.74) is 0.847. The molecule has 0 saturated carbocycles. The molecule has 9 nitrogen and oxygen atoms in total. The van der Waals surface area contributed by atoms with Crippen molar-refractivity contribution in [3.05, 3.63) is 69.4 Å². The Labute approximate surface area is 187 Å². The average molecular weight is 486 g/mol. The van der Waals surface area contributed by atoms with Gasteiger partial charge in [-0.1, -0.05) is 15.9 Å². The predicted octanol–water partition coefficient (Wildman–Crippen LogP) is 4.27. The third-order valence-corrected chi connectivity index (χ3v) is 5.53. The van der Waals surface area contributed by atoms with Crippen LogP contribution in [-0.4, -0.2) is 48.2 Å². The number of piperazine rings is 1. The number of hydrogen-bond acceptors (Lipinski definition) is 8. The van der Waals surface area contributed by atoms with Crippen LogP contribution in [0.25, 0.3) is 0 Å². The van der Waals surface area contributed by atoms with Crippen molar-refractivity contribution in [3.63, 3.8) is 0 Å². The fraction of sp³-hybridized carbons (Fsp3) is 0.238. The fourth-order valence-corrected chi connectivity index (χ4v) is 3.67. The summed E-state index contributed by atoms with van der Waals surface area (Å²) in [4.78, 5) is 23.7. The molecule has 0 radical (unpaired) electrons. The maximum atomic E-state index is 11.9. The minimum Gasteiger partial charge on any atom is -0.497 e. The molecule has 10 heteroatoms. The van der Waals surface area contributed by atoms with Gasteiger partial charge in [0.25, 0.3) is 0 Å². The third-order valence-electron chi connectivity index (χ3n) is 5.00. The number of nitrogens with zero attached hydrogens (tertiary/aromatic N) is 5. The molecule has 160 valence electrons. The zero-order valence-electron chi connectivity index (χ0n) is 16.8. The molecule has 1 saturated heterocycles. The number of rotatable bonds is 6. The molecule has 31 heavy (non-hydrogen) atoms. The van der Waals surface area contributed by atoms with Crippen LogP contribution in [0.2, 0.25) is 0 Å². The molecule has 0 aliphatic carbocycles. The number of aromatic nitrogens is 2. The van der Waals surface area contributed by atoms with Crippen LogP contribution in [0.5, 0.6) is 17.4 Å². The molecule has 1 fully saturated rings. The third kappa shape index (κ3) is 4.69. The van der Waals surface area contributed by atoms with Gasteiger partial charge in [0.1, 0.15) is 17.8 Å². The van der Waals surface area contributed by atoms with Gasteiger partial charge in [-0.2, -0.15) is 4.98 Å². The minimum absolute atomic E-state index is 0.0742. The van der Waals surface area contributed by atoms with Gasteiger partial charge in [-0.3, -0.25) is 10.1 Å². The molecule has 2 heterocycles. The van der Waals surface area contributed by atoms with E-state index in [4.69, 9.17) is 9.47 Å². The van der Waals surface area contributed by atoms with Gasteiger partial charge < -0.3 is 19.3 Å². The van der Waals surface area contributed by atoms with Crippen LogP contribution in [0.1, 0.15) is 0 Å². The van der Waals surface area contributed by atoms with Gasteiger partial charge in [-0.25, -0.2) is 4.98 Å². The van der Waals surface area contributed by atoms with Gasteiger partial charge in [0.2, 0.25) is 5.82 Å². The van der Waals surface area contributed by atoms with E-state index in [0.717, 1.165) is 15.9 Å². The summed E-state index contributed by atoms with van der Waals surface area (Å²) < 4.78 is 11.8. The van der Waals surface area contributed by atoms with E-state index in [1.54, 1.807) is 31.4 Å². The monoisotopic (exact) mass is 485 g/mol. The van der Waals surface area contributed by atoms with Gasteiger partial charge in [0.15, 0.2) is 0 Å². The highest BCUT2D eigenvalue weighted by Gasteiger charge is 2.30. The van der Waals surface area contributed by atoms with Crippen molar-refractivity contribution in [2.45, 2.75) is 0 Å². The van der Waals surface area contributed by atoms with Crippen LogP contribution in [0.4, 0.5) is 17.2 Å². The topological polar surface area (TPSA) is 93.9 Å². The molecule has 0 spiro atoms. The van der Waals surface area contributed by atoms with E-state index >= 15 is 0 Å². The molecule has 1 aromatic heterocycles. The lowest BCUT2D eigenvalue weighted by molar-refractivity contribution is -0.385. The smallest absolute Gasteiger partial charge is 0.373 e. The van der Waals surface area contributed by atoms with E-state index in [-0.39, 0.29) is 17.4 Å². The van der Waals surface area contributed by atoms with Crippen LogP contribution < -0.4 is 19.3 Å². The Hall–Kier alpha value is -3.40. The van der Waals surface area contributed by atoms with Crippen molar-refractivity contribution >= 4 is 33.1 Å². The van der Waals surface area contributed by atoms with E-state index in [9.17, 15) is 10.1 Å². The van der Waals surface area contributed by atoms with Crippen molar-refractivity contribution in [3.8, 4) is 17.4 Å². The normalized spacial score (nSPS) is 13.7. The van der Waals surface area contributed by atoms with Gasteiger partial charge in [0.05, 0.1) is 12.0 Å². The fourth-order valence-electron chi connectivity index (χ4n) is 3.40. The molecule has 4 rings (SSSR count). The summed E-state index contributed by atoms with van der Waals surface area (Å²) in [5.74, 6) is 1.45. The molecule has 0 unspecified atom stereocenters. The SMILES string of the molecule is COc1ccc(N2CCN(c3ncnc(Oc4ccc(Br)cc4)c3[N+](=O)[O-])CC2)cc1. The Bertz CT molecular complexity index is 1050.